The van der Waals surface area contributed by atoms with Crippen LogP contribution in [-0.4, -0.2) is 44.5 Å². The molecule has 3 fully saturated rings. The van der Waals surface area contributed by atoms with Crippen LogP contribution < -0.4 is 5.32 Å². The van der Waals surface area contributed by atoms with E-state index in [1.165, 1.54) is 49.1 Å². The van der Waals surface area contributed by atoms with E-state index in [0.29, 0.717) is 31.8 Å². The zero-order valence-corrected chi connectivity index (χ0v) is 15.0. The minimum Gasteiger partial charge on any atom is -0.356 e. The highest BCUT2D eigenvalue weighted by atomic mass is 32.2. The first-order valence-corrected chi connectivity index (χ1v) is 11.0. The molecule has 1 saturated heterocycles. The highest BCUT2D eigenvalue weighted by molar-refractivity contribution is 7.88. The van der Waals surface area contributed by atoms with Crippen LogP contribution in [0.1, 0.15) is 51.4 Å². The van der Waals surface area contributed by atoms with Gasteiger partial charge in [-0.2, -0.15) is 0 Å². The lowest BCUT2D eigenvalue weighted by atomic mass is 9.85. The van der Waals surface area contributed by atoms with E-state index < -0.39 is 10.0 Å². The van der Waals surface area contributed by atoms with Crippen LogP contribution in [-0.2, 0) is 14.8 Å². The Morgan fingerprint density at radius 3 is 2.35 bits per heavy atom. The number of nitrogens with zero attached hydrogens (tertiary/aromatic N) is 1. The summed E-state index contributed by atoms with van der Waals surface area (Å²) in [6.07, 6.45) is 10.8. The second kappa shape index (κ2) is 7.09. The Balaban J connectivity index is 1.36. The molecule has 2 saturated carbocycles. The molecule has 1 heterocycles. The van der Waals surface area contributed by atoms with E-state index >= 15 is 0 Å². The summed E-state index contributed by atoms with van der Waals surface area (Å²) < 4.78 is 24.5. The lowest BCUT2D eigenvalue weighted by molar-refractivity contribution is -0.126. The zero-order valence-electron chi connectivity index (χ0n) is 14.2. The van der Waals surface area contributed by atoms with Gasteiger partial charge in [0, 0.05) is 25.6 Å². The van der Waals surface area contributed by atoms with E-state index in [1.807, 2.05) is 0 Å². The molecule has 2 aliphatic carbocycles. The van der Waals surface area contributed by atoms with Crippen molar-refractivity contribution in [2.24, 2.45) is 23.7 Å². The molecule has 0 radical (unpaired) electrons. The van der Waals surface area contributed by atoms with E-state index in [9.17, 15) is 13.2 Å². The van der Waals surface area contributed by atoms with Crippen molar-refractivity contribution in [3.63, 3.8) is 0 Å². The van der Waals surface area contributed by atoms with Crippen LogP contribution in [0.4, 0.5) is 0 Å². The van der Waals surface area contributed by atoms with Crippen molar-refractivity contribution in [2.75, 3.05) is 25.9 Å². The van der Waals surface area contributed by atoms with E-state index in [2.05, 4.69) is 5.32 Å². The Bertz CT molecular complexity index is 520. The summed E-state index contributed by atoms with van der Waals surface area (Å²) in [5.41, 5.74) is 0. The number of carbonyl (C=O) groups is 1. The highest BCUT2D eigenvalue weighted by Gasteiger charge is 2.43. The summed E-state index contributed by atoms with van der Waals surface area (Å²) in [6, 6.07) is 0. The number of hydrogen-bond donors (Lipinski definition) is 1. The normalized spacial score (nSPS) is 31.0. The van der Waals surface area contributed by atoms with Gasteiger partial charge in [0.15, 0.2) is 0 Å². The third-order valence-corrected chi connectivity index (χ3v) is 7.37. The molecule has 1 N–H and O–H groups in total. The topological polar surface area (TPSA) is 66.5 Å². The van der Waals surface area contributed by atoms with E-state index in [0.717, 1.165) is 18.4 Å². The fourth-order valence-electron chi connectivity index (χ4n) is 4.47. The van der Waals surface area contributed by atoms with E-state index in [1.54, 1.807) is 0 Å². The molecule has 0 bridgehead atoms. The first-order chi connectivity index (χ1) is 10.9. The van der Waals surface area contributed by atoms with Crippen molar-refractivity contribution >= 4 is 15.9 Å². The van der Waals surface area contributed by atoms with Gasteiger partial charge in [-0.05, 0) is 37.0 Å². The van der Waals surface area contributed by atoms with Crippen LogP contribution >= 0.6 is 0 Å². The zero-order chi connectivity index (χ0) is 16.4. The number of nitrogens with one attached hydrogen (secondary N) is 1. The summed E-state index contributed by atoms with van der Waals surface area (Å²) in [6.45, 7) is 1.78. The molecule has 0 spiro atoms. The Labute approximate surface area is 140 Å². The minimum absolute atomic E-state index is 0.0140. The molecule has 0 aromatic heterocycles. The van der Waals surface area contributed by atoms with Gasteiger partial charge in [0.25, 0.3) is 0 Å². The van der Waals surface area contributed by atoms with Crippen molar-refractivity contribution in [3.8, 4) is 0 Å². The van der Waals surface area contributed by atoms with Gasteiger partial charge in [-0.1, -0.05) is 32.1 Å². The van der Waals surface area contributed by atoms with Crippen LogP contribution in [0.5, 0.6) is 0 Å². The predicted molar refractivity (Wildman–Crippen MR) is 90.3 cm³/mol. The second-order valence-electron chi connectivity index (χ2n) is 7.74. The molecule has 1 amide bonds. The molecular formula is C17H30N2O3S. The molecule has 0 unspecified atom stereocenters. The summed E-state index contributed by atoms with van der Waals surface area (Å²) in [5, 5.41) is 3.13. The van der Waals surface area contributed by atoms with Crippen LogP contribution in [0.15, 0.2) is 0 Å². The monoisotopic (exact) mass is 342 g/mol. The molecule has 132 valence electrons. The predicted octanol–water partition coefficient (Wildman–Crippen LogP) is 1.99. The van der Waals surface area contributed by atoms with Crippen LogP contribution in [0, 0.1) is 23.7 Å². The maximum atomic E-state index is 12.3. The lowest BCUT2D eigenvalue weighted by Crippen LogP contribution is -2.43. The quantitative estimate of drug-likeness (QED) is 0.831. The van der Waals surface area contributed by atoms with Gasteiger partial charge < -0.3 is 5.32 Å². The number of rotatable bonds is 5. The Hall–Kier alpha value is -0.620. The largest absolute Gasteiger partial charge is 0.356 e. The molecule has 3 aliphatic rings. The van der Waals surface area contributed by atoms with E-state index in [4.69, 9.17) is 0 Å². The number of carbonyl (C=O) groups excluding carboxylic acids is 1. The molecule has 6 heteroatoms. The third kappa shape index (κ3) is 4.47. The first kappa shape index (κ1) is 17.2. The van der Waals surface area contributed by atoms with Crippen molar-refractivity contribution < 1.29 is 13.2 Å². The number of piperidine rings is 1. The molecule has 3 rings (SSSR count). The standard InChI is InChI=1S/C17H30N2O3S/c1-23(21,22)19-9-7-14(8-10-19)17(20)18-12-15-11-16(15)13-5-3-2-4-6-13/h13-16H,2-12H2,1H3,(H,18,20)/t15-,16+/m0/s1. The smallest absolute Gasteiger partial charge is 0.223 e. The lowest BCUT2D eigenvalue weighted by Gasteiger charge is -2.29. The Morgan fingerprint density at radius 1 is 1.09 bits per heavy atom. The van der Waals surface area contributed by atoms with Crippen molar-refractivity contribution in [1.82, 2.24) is 9.62 Å². The van der Waals surface area contributed by atoms with Crippen LogP contribution in [0.2, 0.25) is 0 Å². The molecular weight excluding hydrogens is 312 g/mol. The third-order valence-electron chi connectivity index (χ3n) is 6.06. The summed E-state index contributed by atoms with van der Waals surface area (Å²) in [5.74, 6) is 2.57. The number of sulfonamides is 1. The maximum Gasteiger partial charge on any atom is 0.223 e. The Kier molecular flexibility index (Phi) is 5.31. The average molecular weight is 343 g/mol. The number of hydrogen-bond acceptors (Lipinski definition) is 3. The SMILES string of the molecule is CS(=O)(=O)N1CCC(C(=O)NC[C@@H]2C[C@@H]2C2CCCCC2)CC1. The summed E-state index contributed by atoms with van der Waals surface area (Å²) >= 11 is 0. The van der Waals surface area contributed by atoms with Gasteiger partial charge in [0.1, 0.15) is 0 Å². The Morgan fingerprint density at radius 2 is 1.74 bits per heavy atom. The summed E-state index contributed by atoms with van der Waals surface area (Å²) in [4.78, 5) is 12.3. The fraction of sp³-hybridized carbons (Fsp3) is 0.941. The first-order valence-electron chi connectivity index (χ1n) is 9.18. The van der Waals surface area contributed by atoms with Gasteiger partial charge >= 0.3 is 0 Å². The maximum absolute atomic E-state index is 12.3. The highest BCUT2D eigenvalue weighted by Crippen LogP contribution is 2.48. The van der Waals surface area contributed by atoms with Crippen LogP contribution in [0.25, 0.3) is 0 Å². The summed E-state index contributed by atoms with van der Waals surface area (Å²) in [7, 11) is -3.11. The minimum atomic E-state index is -3.11. The molecule has 0 aromatic carbocycles. The van der Waals surface area contributed by atoms with Gasteiger partial charge in [0.05, 0.1) is 6.26 Å². The molecule has 2 atom stereocenters. The van der Waals surface area contributed by atoms with Gasteiger partial charge in [-0.15, -0.1) is 0 Å². The van der Waals surface area contributed by atoms with Crippen molar-refractivity contribution in [1.29, 1.82) is 0 Å². The van der Waals surface area contributed by atoms with Gasteiger partial charge in [0.2, 0.25) is 15.9 Å². The molecule has 0 aromatic rings. The molecule has 1 aliphatic heterocycles. The average Bonchev–Trinajstić information content (AvgIpc) is 3.32. The molecule has 5 nitrogen and oxygen atoms in total. The fourth-order valence-corrected chi connectivity index (χ4v) is 5.35. The number of amides is 1. The van der Waals surface area contributed by atoms with Gasteiger partial charge in [-0.25, -0.2) is 12.7 Å². The van der Waals surface area contributed by atoms with E-state index in [-0.39, 0.29) is 11.8 Å². The van der Waals surface area contributed by atoms with Gasteiger partial charge in [-0.3, -0.25) is 4.79 Å². The molecule has 23 heavy (non-hydrogen) atoms. The van der Waals surface area contributed by atoms with Crippen molar-refractivity contribution in [2.45, 2.75) is 51.4 Å². The van der Waals surface area contributed by atoms with Crippen molar-refractivity contribution in [3.05, 3.63) is 0 Å². The van der Waals surface area contributed by atoms with Crippen LogP contribution in [0.3, 0.4) is 0 Å². The second-order valence-corrected chi connectivity index (χ2v) is 9.72.